The third kappa shape index (κ3) is 3.22. The molecule has 0 heterocycles. The molecule has 0 bridgehead atoms. The van der Waals surface area contributed by atoms with Crippen LogP contribution in [0.5, 0.6) is 0 Å². The fourth-order valence-electron chi connectivity index (χ4n) is 4.44. The van der Waals surface area contributed by atoms with E-state index in [0.717, 1.165) is 50.4 Å². The number of carbonyl (C=O) groups excluding carboxylic acids is 1. The molecule has 4 N–H and O–H groups in total. The lowest BCUT2D eigenvalue weighted by Gasteiger charge is -2.24. The van der Waals surface area contributed by atoms with E-state index in [0.29, 0.717) is 18.1 Å². The van der Waals surface area contributed by atoms with Crippen LogP contribution in [0, 0.1) is 11.8 Å². The number of amides is 2. The van der Waals surface area contributed by atoms with Gasteiger partial charge in [0.05, 0.1) is 0 Å². The summed E-state index contributed by atoms with van der Waals surface area (Å²) in [5.41, 5.74) is 6.00. The van der Waals surface area contributed by atoms with E-state index in [2.05, 4.69) is 10.6 Å². The normalized spacial score (nSPS) is 39.0. The second kappa shape index (κ2) is 5.70. The maximum absolute atomic E-state index is 12.0. The Morgan fingerprint density at radius 2 is 1.42 bits per heavy atom. The first-order valence-corrected chi connectivity index (χ1v) is 8.03. The molecule has 108 valence electrons. The molecule has 2 amide bonds. The predicted molar refractivity (Wildman–Crippen MR) is 75.8 cm³/mol. The van der Waals surface area contributed by atoms with Gasteiger partial charge in [-0.15, -0.1) is 0 Å². The number of hydrogen-bond donors (Lipinski definition) is 3. The summed E-state index contributed by atoms with van der Waals surface area (Å²) in [6, 6.07) is 1.25. The minimum Gasteiger partial charge on any atom is -0.335 e. The number of hydrogen-bond acceptors (Lipinski definition) is 2. The van der Waals surface area contributed by atoms with Crippen LogP contribution in [0.2, 0.25) is 0 Å². The lowest BCUT2D eigenvalue weighted by molar-refractivity contribution is 0.228. The van der Waals surface area contributed by atoms with Gasteiger partial charge < -0.3 is 16.4 Å². The van der Waals surface area contributed by atoms with E-state index >= 15 is 0 Å². The summed E-state index contributed by atoms with van der Waals surface area (Å²) in [6.07, 6.45) is 10.7. The summed E-state index contributed by atoms with van der Waals surface area (Å²) in [4.78, 5) is 12.0. The van der Waals surface area contributed by atoms with E-state index in [4.69, 9.17) is 5.73 Å². The van der Waals surface area contributed by atoms with Crippen LogP contribution in [-0.4, -0.2) is 24.2 Å². The van der Waals surface area contributed by atoms with Gasteiger partial charge in [-0.1, -0.05) is 19.3 Å². The fraction of sp³-hybridized carbons (Fsp3) is 0.933. The maximum Gasteiger partial charge on any atom is 0.315 e. The average molecular weight is 265 g/mol. The number of fused-ring (bicyclic) bond motifs is 1. The predicted octanol–water partition coefficient (Wildman–Crippen LogP) is 2.13. The van der Waals surface area contributed by atoms with Gasteiger partial charge in [-0.05, 0) is 50.4 Å². The van der Waals surface area contributed by atoms with Crippen LogP contribution in [0.4, 0.5) is 4.79 Å². The van der Waals surface area contributed by atoms with Crippen LogP contribution in [0.15, 0.2) is 0 Å². The lowest BCUT2D eigenvalue weighted by atomic mass is 9.96. The third-order valence-electron chi connectivity index (χ3n) is 5.33. The molecule has 3 rings (SSSR count). The average Bonchev–Trinajstić information content (AvgIpc) is 2.86. The molecular weight excluding hydrogens is 238 g/mol. The number of nitrogens with two attached hydrogens (primary N) is 1. The van der Waals surface area contributed by atoms with Crippen molar-refractivity contribution in [1.82, 2.24) is 10.6 Å². The van der Waals surface area contributed by atoms with Crippen LogP contribution >= 0.6 is 0 Å². The van der Waals surface area contributed by atoms with Crippen LogP contribution < -0.4 is 16.4 Å². The molecule has 3 fully saturated rings. The molecule has 19 heavy (non-hydrogen) atoms. The fourth-order valence-corrected chi connectivity index (χ4v) is 4.44. The molecule has 0 spiro atoms. The first-order valence-electron chi connectivity index (χ1n) is 8.03. The minimum atomic E-state index is 0.0566. The molecule has 0 aromatic heterocycles. The molecule has 0 aromatic carbocycles. The zero-order chi connectivity index (χ0) is 13.2. The highest BCUT2D eigenvalue weighted by atomic mass is 16.2. The Morgan fingerprint density at radius 3 is 2.05 bits per heavy atom. The number of rotatable bonds is 2. The largest absolute Gasteiger partial charge is 0.335 e. The zero-order valence-corrected chi connectivity index (χ0v) is 11.7. The molecule has 0 aliphatic heterocycles. The van der Waals surface area contributed by atoms with Crippen molar-refractivity contribution in [2.45, 2.75) is 75.9 Å². The summed E-state index contributed by atoms with van der Waals surface area (Å²) >= 11 is 0. The molecule has 4 heteroatoms. The van der Waals surface area contributed by atoms with Gasteiger partial charge in [0.2, 0.25) is 0 Å². The van der Waals surface area contributed by atoms with Gasteiger partial charge in [0.15, 0.2) is 0 Å². The highest BCUT2D eigenvalue weighted by molar-refractivity contribution is 5.74. The van der Waals surface area contributed by atoms with Gasteiger partial charge in [-0.3, -0.25) is 0 Å². The van der Waals surface area contributed by atoms with Crippen LogP contribution in [-0.2, 0) is 0 Å². The third-order valence-corrected chi connectivity index (χ3v) is 5.33. The van der Waals surface area contributed by atoms with Gasteiger partial charge in [-0.2, -0.15) is 0 Å². The van der Waals surface area contributed by atoms with E-state index in [1.165, 1.54) is 19.3 Å². The first-order chi connectivity index (χ1) is 9.20. The Bertz CT molecular complexity index is 313. The van der Waals surface area contributed by atoms with Crippen LogP contribution in [0.3, 0.4) is 0 Å². The van der Waals surface area contributed by atoms with Crippen molar-refractivity contribution in [3.05, 3.63) is 0 Å². The monoisotopic (exact) mass is 265 g/mol. The van der Waals surface area contributed by atoms with Crippen molar-refractivity contribution in [3.63, 3.8) is 0 Å². The number of urea groups is 1. The van der Waals surface area contributed by atoms with Crippen molar-refractivity contribution in [2.24, 2.45) is 17.6 Å². The zero-order valence-electron chi connectivity index (χ0n) is 11.7. The van der Waals surface area contributed by atoms with Crippen molar-refractivity contribution in [3.8, 4) is 0 Å². The van der Waals surface area contributed by atoms with Gasteiger partial charge >= 0.3 is 6.03 Å². The highest BCUT2D eigenvalue weighted by Crippen LogP contribution is 2.43. The second-order valence-corrected chi connectivity index (χ2v) is 6.87. The van der Waals surface area contributed by atoms with Crippen molar-refractivity contribution >= 4 is 6.03 Å². The van der Waals surface area contributed by atoms with E-state index in [1.54, 1.807) is 0 Å². The standard InChI is InChI=1S/C15H27N3O/c16-12-6-10-8-14(9-11(10)7-12)18-15(19)17-13-4-2-1-3-5-13/h10-14H,1-9,16H2,(H2,17,18,19). The summed E-state index contributed by atoms with van der Waals surface area (Å²) in [5, 5.41) is 6.32. The molecular formula is C15H27N3O. The molecule has 4 nitrogen and oxygen atoms in total. The Hall–Kier alpha value is -0.770. The quantitative estimate of drug-likeness (QED) is 0.716. The summed E-state index contributed by atoms with van der Waals surface area (Å²) in [6.45, 7) is 0. The topological polar surface area (TPSA) is 67.1 Å². The smallest absolute Gasteiger partial charge is 0.315 e. The molecule has 3 aliphatic rings. The van der Waals surface area contributed by atoms with Gasteiger partial charge in [-0.25, -0.2) is 4.79 Å². The molecule has 0 saturated heterocycles. The second-order valence-electron chi connectivity index (χ2n) is 6.87. The van der Waals surface area contributed by atoms with Gasteiger partial charge in [0, 0.05) is 18.1 Å². The van der Waals surface area contributed by atoms with E-state index in [-0.39, 0.29) is 6.03 Å². The summed E-state index contributed by atoms with van der Waals surface area (Å²) in [7, 11) is 0. The van der Waals surface area contributed by atoms with Gasteiger partial charge in [0.25, 0.3) is 0 Å². The highest BCUT2D eigenvalue weighted by Gasteiger charge is 2.40. The molecule has 3 saturated carbocycles. The number of carbonyl (C=O) groups is 1. The van der Waals surface area contributed by atoms with E-state index < -0.39 is 0 Å². The van der Waals surface area contributed by atoms with E-state index in [9.17, 15) is 4.79 Å². The Kier molecular flexibility index (Phi) is 3.96. The van der Waals surface area contributed by atoms with Gasteiger partial charge in [0.1, 0.15) is 0 Å². The lowest BCUT2D eigenvalue weighted by Crippen LogP contribution is -2.46. The Balaban J connectivity index is 1.41. The molecule has 2 atom stereocenters. The first kappa shape index (κ1) is 13.2. The van der Waals surface area contributed by atoms with Crippen LogP contribution in [0.25, 0.3) is 0 Å². The SMILES string of the molecule is NC1CC2CC(NC(=O)NC3CCCCC3)CC2C1. The number of nitrogens with one attached hydrogen (secondary N) is 2. The van der Waals surface area contributed by atoms with Crippen molar-refractivity contribution in [1.29, 1.82) is 0 Å². The summed E-state index contributed by atoms with van der Waals surface area (Å²) < 4.78 is 0. The van der Waals surface area contributed by atoms with Crippen molar-refractivity contribution < 1.29 is 4.79 Å². The molecule has 0 aromatic rings. The van der Waals surface area contributed by atoms with E-state index in [1.807, 2.05) is 0 Å². The Morgan fingerprint density at radius 1 is 0.842 bits per heavy atom. The van der Waals surface area contributed by atoms with Crippen LogP contribution in [0.1, 0.15) is 57.8 Å². The minimum absolute atomic E-state index is 0.0566. The Labute approximate surface area is 115 Å². The van der Waals surface area contributed by atoms with Crippen molar-refractivity contribution in [2.75, 3.05) is 0 Å². The summed E-state index contributed by atoms with van der Waals surface area (Å²) in [5.74, 6) is 1.52. The molecule has 3 aliphatic carbocycles. The molecule has 0 radical (unpaired) electrons. The molecule has 2 unspecified atom stereocenters. The maximum atomic E-state index is 12.0.